The molecular weight excluding hydrogens is 409 g/mol. The number of carbonyl (C=O) groups excluding carboxylic acids is 2. The normalized spacial score (nSPS) is 19.5. The Morgan fingerprint density at radius 2 is 1.83 bits per heavy atom. The van der Waals surface area contributed by atoms with E-state index in [9.17, 15) is 14.0 Å². The van der Waals surface area contributed by atoms with Gasteiger partial charge in [0, 0.05) is 36.7 Å². The standard InChI is InChI=1S/C22H25ClFN3O3/c1-14-11-27(15(2)10-26(14)12-16-3-6-18(24)7-4-16)21(28)13-30-20-8-5-17(23)9-19(20)22(25)29/h3-9,14-15H,10-13H2,1-2H3,(H2,25,29)/t14-,15-/m0/s1. The van der Waals surface area contributed by atoms with Crippen molar-refractivity contribution in [2.24, 2.45) is 5.73 Å². The van der Waals surface area contributed by atoms with Crippen molar-refractivity contribution in [3.63, 3.8) is 0 Å². The largest absolute Gasteiger partial charge is 0.483 e. The van der Waals surface area contributed by atoms with Crippen LogP contribution in [0.2, 0.25) is 5.02 Å². The molecule has 1 aliphatic rings. The molecule has 2 aromatic rings. The summed E-state index contributed by atoms with van der Waals surface area (Å²) >= 11 is 5.90. The van der Waals surface area contributed by atoms with Gasteiger partial charge in [-0.1, -0.05) is 23.7 Å². The molecule has 0 radical (unpaired) electrons. The van der Waals surface area contributed by atoms with Gasteiger partial charge in [-0.05, 0) is 49.7 Å². The summed E-state index contributed by atoms with van der Waals surface area (Å²) < 4.78 is 18.7. The Labute approximate surface area is 180 Å². The van der Waals surface area contributed by atoms with Gasteiger partial charge in [-0.2, -0.15) is 0 Å². The van der Waals surface area contributed by atoms with Crippen LogP contribution in [0.3, 0.4) is 0 Å². The fourth-order valence-electron chi connectivity index (χ4n) is 3.63. The van der Waals surface area contributed by atoms with Gasteiger partial charge in [-0.15, -0.1) is 0 Å². The lowest BCUT2D eigenvalue weighted by molar-refractivity contribution is -0.139. The maximum atomic E-state index is 13.1. The van der Waals surface area contributed by atoms with Gasteiger partial charge in [-0.3, -0.25) is 14.5 Å². The molecule has 2 amide bonds. The summed E-state index contributed by atoms with van der Waals surface area (Å²) in [6.45, 7) is 5.78. The Kier molecular flexibility index (Phi) is 6.95. The molecule has 0 unspecified atom stereocenters. The summed E-state index contributed by atoms with van der Waals surface area (Å²) in [6.07, 6.45) is 0. The predicted molar refractivity (Wildman–Crippen MR) is 113 cm³/mol. The Hall–Kier alpha value is -2.64. The molecule has 2 aromatic carbocycles. The maximum absolute atomic E-state index is 13.1. The van der Waals surface area contributed by atoms with Crippen molar-refractivity contribution in [3.8, 4) is 5.75 Å². The fraction of sp³-hybridized carbons (Fsp3) is 0.364. The number of piperazine rings is 1. The van der Waals surface area contributed by atoms with Gasteiger partial charge in [0.25, 0.3) is 11.8 Å². The SMILES string of the molecule is C[C@H]1CN(C(=O)COc2ccc(Cl)cc2C(N)=O)[C@@H](C)CN1Cc1ccc(F)cc1. The van der Waals surface area contributed by atoms with Crippen molar-refractivity contribution in [3.05, 3.63) is 64.4 Å². The zero-order chi connectivity index (χ0) is 21.8. The first-order valence-corrected chi connectivity index (χ1v) is 10.1. The van der Waals surface area contributed by atoms with E-state index >= 15 is 0 Å². The molecule has 160 valence electrons. The summed E-state index contributed by atoms with van der Waals surface area (Å²) in [5.41, 5.74) is 6.53. The minimum Gasteiger partial charge on any atom is -0.483 e. The molecule has 0 bridgehead atoms. The third-order valence-electron chi connectivity index (χ3n) is 5.29. The van der Waals surface area contributed by atoms with Gasteiger partial charge in [0.15, 0.2) is 6.61 Å². The van der Waals surface area contributed by atoms with E-state index in [0.717, 1.165) is 5.56 Å². The number of nitrogens with zero attached hydrogens (tertiary/aromatic N) is 2. The smallest absolute Gasteiger partial charge is 0.260 e. The molecule has 30 heavy (non-hydrogen) atoms. The highest BCUT2D eigenvalue weighted by molar-refractivity contribution is 6.31. The summed E-state index contributed by atoms with van der Waals surface area (Å²) in [7, 11) is 0. The first-order chi connectivity index (χ1) is 14.2. The molecule has 3 rings (SSSR count). The molecule has 8 heteroatoms. The van der Waals surface area contributed by atoms with Crippen molar-refractivity contribution in [2.75, 3.05) is 19.7 Å². The van der Waals surface area contributed by atoms with Crippen LogP contribution in [0.1, 0.15) is 29.8 Å². The van der Waals surface area contributed by atoms with Crippen molar-refractivity contribution in [1.29, 1.82) is 0 Å². The lowest BCUT2D eigenvalue weighted by atomic mass is 10.1. The van der Waals surface area contributed by atoms with E-state index in [1.54, 1.807) is 23.1 Å². The zero-order valence-electron chi connectivity index (χ0n) is 17.0. The van der Waals surface area contributed by atoms with Crippen LogP contribution in [-0.2, 0) is 11.3 Å². The van der Waals surface area contributed by atoms with E-state index in [1.807, 2.05) is 6.92 Å². The first-order valence-electron chi connectivity index (χ1n) is 9.74. The summed E-state index contributed by atoms with van der Waals surface area (Å²) in [5, 5.41) is 0.363. The van der Waals surface area contributed by atoms with Gasteiger partial charge < -0.3 is 15.4 Å². The number of nitrogens with two attached hydrogens (primary N) is 1. The second-order valence-electron chi connectivity index (χ2n) is 7.59. The molecule has 1 heterocycles. The molecule has 0 spiro atoms. The number of primary amides is 1. The lowest BCUT2D eigenvalue weighted by Crippen LogP contribution is -2.58. The van der Waals surface area contributed by atoms with Crippen molar-refractivity contribution < 1.29 is 18.7 Å². The minimum absolute atomic E-state index is 0.0152. The topological polar surface area (TPSA) is 75.9 Å². The second-order valence-corrected chi connectivity index (χ2v) is 8.03. The van der Waals surface area contributed by atoms with Crippen LogP contribution in [0.25, 0.3) is 0 Å². The minimum atomic E-state index is -0.670. The van der Waals surface area contributed by atoms with E-state index in [0.29, 0.717) is 24.7 Å². The highest BCUT2D eigenvalue weighted by Crippen LogP contribution is 2.23. The maximum Gasteiger partial charge on any atom is 0.260 e. The molecule has 2 N–H and O–H groups in total. The van der Waals surface area contributed by atoms with Gasteiger partial charge in [0.05, 0.1) is 5.56 Å². The zero-order valence-corrected chi connectivity index (χ0v) is 17.7. The highest BCUT2D eigenvalue weighted by Gasteiger charge is 2.32. The number of carbonyl (C=O) groups is 2. The number of amides is 2. The molecule has 1 saturated heterocycles. The summed E-state index contributed by atoms with van der Waals surface area (Å²) in [5.74, 6) is -0.857. The average Bonchev–Trinajstić information content (AvgIpc) is 2.70. The van der Waals surface area contributed by atoms with Crippen molar-refractivity contribution in [2.45, 2.75) is 32.5 Å². The van der Waals surface area contributed by atoms with E-state index in [4.69, 9.17) is 22.1 Å². The lowest BCUT2D eigenvalue weighted by Gasteiger charge is -2.44. The number of rotatable bonds is 6. The number of benzene rings is 2. The Morgan fingerprint density at radius 1 is 1.13 bits per heavy atom. The molecule has 0 saturated carbocycles. The molecule has 1 aliphatic heterocycles. The fourth-order valence-corrected chi connectivity index (χ4v) is 3.81. The van der Waals surface area contributed by atoms with Crippen LogP contribution >= 0.6 is 11.6 Å². The molecule has 2 atom stereocenters. The van der Waals surface area contributed by atoms with Gasteiger partial charge in [0.2, 0.25) is 0 Å². The molecule has 6 nitrogen and oxygen atoms in total. The van der Waals surface area contributed by atoms with Crippen LogP contribution in [0.4, 0.5) is 4.39 Å². The number of halogens is 2. The Bertz CT molecular complexity index is 922. The van der Waals surface area contributed by atoms with Crippen LogP contribution in [0.15, 0.2) is 42.5 Å². The molecular formula is C22H25ClFN3O3. The molecule has 1 fully saturated rings. The first kappa shape index (κ1) is 22.1. The summed E-state index contributed by atoms with van der Waals surface area (Å²) in [6, 6.07) is 11.1. The number of ether oxygens (including phenoxy) is 1. The van der Waals surface area contributed by atoms with E-state index in [-0.39, 0.29) is 41.7 Å². The quantitative estimate of drug-likeness (QED) is 0.759. The average molecular weight is 434 g/mol. The van der Waals surface area contributed by atoms with Gasteiger partial charge >= 0.3 is 0 Å². The molecule has 0 aliphatic carbocycles. The van der Waals surface area contributed by atoms with Crippen LogP contribution < -0.4 is 10.5 Å². The van der Waals surface area contributed by atoms with E-state index in [1.165, 1.54) is 24.3 Å². The Balaban J connectivity index is 1.60. The Morgan fingerprint density at radius 3 is 2.50 bits per heavy atom. The predicted octanol–water partition coefficient (Wildman–Crippen LogP) is 3.08. The van der Waals surface area contributed by atoms with E-state index in [2.05, 4.69) is 11.8 Å². The van der Waals surface area contributed by atoms with Crippen LogP contribution in [-0.4, -0.2) is 53.4 Å². The highest BCUT2D eigenvalue weighted by atomic mass is 35.5. The third kappa shape index (κ3) is 5.29. The van der Waals surface area contributed by atoms with Gasteiger partial charge in [-0.25, -0.2) is 4.39 Å². The van der Waals surface area contributed by atoms with Gasteiger partial charge in [0.1, 0.15) is 11.6 Å². The monoisotopic (exact) mass is 433 g/mol. The number of hydrogen-bond acceptors (Lipinski definition) is 4. The second kappa shape index (κ2) is 9.45. The number of hydrogen-bond donors (Lipinski definition) is 1. The molecule has 0 aromatic heterocycles. The third-order valence-corrected chi connectivity index (χ3v) is 5.53. The summed E-state index contributed by atoms with van der Waals surface area (Å²) in [4.78, 5) is 28.4. The van der Waals surface area contributed by atoms with Crippen LogP contribution in [0, 0.1) is 5.82 Å². The van der Waals surface area contributed by atoms with Crippen molar-refractivity contribution in [1.82, 2.24) is 9.80 Å². The van der Waals surface area contributed by atoms with E-state index < -0.39 is 5.91 Å². The van der Waals surface area contributed by atoms with Crippen LogP contribution in [0.5, 0.6) is 5.75 Å². The van der Waals surface area contributed by atoms with Crippen molar-refractivity contribution >= 4 is 23.4 Å².